The third kappa shape index (κ3) is 5.89. The van der Waals surface area contributed by atoms with E-state index in [2.05, 4.69) is 38.5 Å². The molecule has 2 aromatic carbocycles. The van der Waals surface area contributed by atoms with Crippen LogP contribution >= 0.6 is 22.6 Å². The fourth-order valence-corrected chi connectivity index (χ4v) is 6.46. The summed E-state index contributed by atoms with van der Waals surface area (Å²) in [5.74, 6) is 0. The number of nitrogens with zero attached hydrogens (tertiary/aromatic N) is 6. The molecule has 11 heteroatoms. The monoisotopic (exact) mass is 646 g/mol. The SMILES string of the molecule is CS(=O)(=O)N1CCc2c(c(-c3ccc(I)cc3)nn2CC(O)CN2CCN(c3ccccc3C#N)CC2)C1. The van der Waals surface area contributed by atoms with Gasteiger partial charge >= 0.3 is 0 Å². The van der Waals surface area contributed by atoms with Crippen molar-refractivity contribution in [2.24, 2.45) is 0 Å². The number of para-hydroxylation sites is 1. The van der Waals surface area contributed by atoms with Crippen molar-refractivity contribution in [3.8, 4) is 17.3 Å². The number of rotatable bonds is 7. The Labute approximate surface area is 237 Å². The lowest BCUT2D eigenvalue weighted by molar-refractivity contribution is 0.0911. The molecule has 0 bridgehead atoms. The number of hydrogen-bond donors (Lipinski definition) is 1. The second kappa shape index (κ2) is 11.3. The van der Waals surface area contributed by atoms with Gasteiger partial charge in [0.1, 0.15) is 6.07 Å². The summed E-state index contributed by atoms with van der Waals surface area (Å²) in [5, 5.41) is 25.4. The molecule has 0 aliphatic carbocycles. The van der Waals surface area contributed by atoms with Crippen LogP contribution in [0.15, 0.2) is 48.5 Å². The molecule has 200 valence electrons. The maximum absolute atomic E-state index is 12.3. The van der Waals surface area contributed by atoms with E-state index in [-0.39, 0.29) is 6.54 Å². The van der Waals surface area contributed by atoms with Gasteiger partial charge in [0.25, 0.3) is 0 Å². The molecule has 3 aromatic rings. The van der Waals surface area contributed by atoms with Crippen molar-refractivity contribution in [3.63, 3.8) is 0 Å². The van der Waals surface area contributed by atoms with E-state index in [1.165, 1.54) is 10.6 Å². The third-order valence-corrected chi connectivity index (χ3v) is 9.24. The first-order valence-corrected chi connectivity index (χ1v) is 15.6. The van der Waals surface area contributed by atoms with Gasteiger partial charge in [0.2, 0.25) is 10.0 Å². The zero-order valence-electron chi connectivity index (χ0n) is 21.3. The van der Waals surface area contributed by atoms with E-state index in [4.69, 9.17) is 5.10 Å². The molecule has 0 radical (unpaired) electrons. The molecule has 1 atom stereocenters. The molecule has 3 heterocycles. The van der Waals surface area contributed by atoms with E-state index in [0.717, 1.165) is 58.0 Å². The second-order valence-corrected chi connectivity index (χ2v) is 13.1. The molecular weight excluding hydrogens is 615 g/mol. The number of aromatic nitrogens is 2. The average Bonchev–Trinajstić information content (AvgIpc) is 3.26. The predicted molar refractivity (Wildman–Crippen MR) is 155 cm³/mol. The number of β-amino-alcohol motifs (C(OH)–C–C–N with tert-alkyl or cyclic N) is 1. The Hall–Kier alpha value is -2.50. The number of aliphatic hydroxyl groups excluding tert-OH is 1. The van der Waals surface area contributed by atoms with Crippen LogP contribution in [-0.2, 0) is 29.5 Å². The molecule has 38 heavy (non-hydrogen) atoms. The van der Waals surface area contributed by atoms with Gasteiger partial charge in [-0.05, 0) is 46.9 Å². The van der Waals surface area contributed by atoms with Gasteiger partial charge in [-0.25, -0.2) is 8.42 Å². The molecular formula is C27H31IN6O3S. The first-order valence-electron chi connectivity index (χ1n) is 12.7. The number of fused-ring (bicyclic) bond motifs is 1. The summed E-state index contributed by atoms with van der Waals surface area (Å²) in [7, 11) is -3.32. The van der Waals surface area contributed by atoms with Crippen molar-refractivity contribution in [1.29, 1.82) is 5.26 Å². The summed E-state index contributed by atoms with van der Waals surface area (Å²) in [5.41, 5.74) is 5.28. The summed E-state index contributed by atoms with van der Waals surface area (Å²) >= 11 is 2.26. The Kier molecular flexibility index (Phi) is 8.06. The second-order valence-electron chi connectivity index (χ2n) is 9.88. The smallest absolute Gasteiger partial charge is 0.211 e. The molecule has 9 nitrogen and oxygen atoms in total. The van der Waals surface area contributed by atoms with Crippen molar-refractivity contribution < 1.29 is 13.5 Å². The Morgan fingerprint density at radius 1 is 1.05 bits per heavy atom. The molecule has 0 amide bonds. The van der Waals surface area contributed by atoms with Crippen LogP contribution in [0.5, 0.6) is 0 Å². The zero-order chi connectivity index (χ0) is 26.9. The van der Waals surface area contributed by atoms with Gasteiger partial charge in [-0.15, -0.1) is 0 Å². The molecule has 1 unspecified atom stereocenters. The van der Waals surface area contributed by atoms with Gasteiger partial charge in [0, 0.05) is 72.6 Å². The zero-order valence-corrected chi connectivity index (χ0v) is 24.3. The van der Waals surface area contributed by atoms with E-state index in [9.17, 15) is 18.8 Å². The number of nitriles is 1. The predicted octanol–water partition coefficient (Wildman–Crippen LogP) is 2.53. The van der Waals surface area contributed by atoms with Crippen LogP contribution in [0.2, 0.25) is 0 Å². The van der Waals surface area contributed by atoms with E-state index < -0.39 is 16.1 Å². The summed E-state index contributed by atoms with van der Waals surface area (Å²) in [6, 6.07) is 18.0. The Morgan fingerprint density at radius 2 is 1.76 bits per heavy atom. The average molecular weight is 647 g/mol. The van der Waals surface area contributed by atoms with Crippen LogP contribution in [0, 0.1) is 14.9 Å². The van der Waals surface area contributed by atoms with E-state index in [1.807, 2.05) is 53.2 Å². The molecule has 1 N–H and O–H groups in total. The summed E-state index contributed by atoms with van der Waals surface area (Å²) in [4.78, 5) is 4.48. The topological polar surface area (TPSA) is 106 Å². The largest absolute Gasteiger partial charge is 0.390 e. The highest BCUT2D eigenvalue weighted by Gasteiger charge is 2.30. The lowest BCUT2D eigenvalue weighted by Gasteiger charge is -2.37. The van der Waals surface area contributed by atoms with E-state index in [1.54, 1.807) is 0 Å². The van der Waals surface area contributed by atoms with Gasteiger partial charge in [0.05, 0.1) is 35.8 Å². The highest BCUT2D eigenvalue weighted by Crippen LogP contribution is 2.31. The number of anilines is 1. The van der Waals surface area contributed by atoms with Gasteiger partial charge < -0.3 is 10.0 Å². The number of aliphatic hydroxyl groups is 1. The summed E-state index contributed by atoms with van der Waals surface area (Å²) < 4.78 is 29.0. The highest BCUT2D eigenvalue weighted by atomic mass is 127. The lowest BCUT2D eigenvalue weighted by atomic mass is 10.0. The van der Waals surface area contributed by atoms with E-state index in [0.29, 0.717) is 31.6 Å². The van der Waals surface area contributed by atoms with Crippen LogP contribution in [0.3, 0.4) is 0 Å². The number of halogens is 1. The van der Waals surface area contributed by atoms with Crippen LogP contribution in [-0.4, -0.2) is 84.1 Å². The minimum absolute atomic E-state index is 0.289. The maximum Gasteiger partial charge on any atom is 0.211 e. The Morgan fingerprint density at radius 3 is 2.45 bits per heavy atom. The van der Waals surface area contributed by atoms with Crippen LogP contribution in [0.4, 0.5) is 5.69 Å². The molecule has 5 rings (SSSR count). The number of benzene rings is 2. The minimum Gasteiger partial charge on any atom is -0.390 e. The highest BCUT2D eigenvalue weighted by molar-refractivity contribution is 14.1. The number of piperazine rings is 1. The van der Waals surface area contributed by atoms with Crippen molar-refractivity contribution >= 4 is 38.3 Å². The van der Waals surface area contributed by atoms with E-state index >= 15 is 0 Å². The van der Waals surface area contributed by atoms with Crippen LogP contribution in [0.1, 0.15) is 16.8 Å². The van der Waals surface area contributed by atoms with Gasteiger partial charge in [0.15, 0.2) is 0 Å². The Balaban J connectivity index is 1.29. The first kappa shape index (κ1) is 27.1. The minimum atomic E-state index is -3.32. The molecule has 2 aliphatic heterocycles. The Bertz CT molecular complexity index is 1440. The molecule has 1 saturated heterocycles. The fraction of sp³-hybridized carbons (Fsp3) is 0.407. The lowest BCUT2D eigenvalue weighted by Crippen LogP contribution is -2.49. The maximum atomic E-state index is 12.3. The standard InChI is InChI=1S/C27H31IN6O3S/c1-38(36,37)33-11-10-26-24(19-33)27(20-6-8-22(28)9-7-20)30-34(26)18-23(35)17-31-12-14-32(15-13-31)25-5-3-2-4-21(25)16-29/h2-9,23,35H,10-15,17-19H2,1H3. The fourth-order valence-electron chi connectivity index (χ4n) is 5.31. The molecule has 2 aliphatic rings. The molecule has 1 fully saturated rings. The quantitative estimate of drug-likeness (QED) is 0.394. The number of hydrogen-bond acceptors (Lipinski definition) is 7. The molecule has 1 aromatic heterocycles. The van der Waals surface area contributed by atoms with Crippen molar-refractivity contribution in [2.75, 3.05) is 50.4 Å². The van der Waals surface area contributed by atoms with Crippen molar-refractivity contribution in [3.05, 3.63) is 68.9 Å². The van der Waals surface area contributed by atoms with Gasteiger partial charge in [-0.2, -0.15) is 14.7 Å². The van der Waals surface area contributed by atoms with Gasteiger partial charge in [-0.3, -0.25) is 9.58 Å². The van der Waals surface area contributed by atoms with Crippen molar-refractivity contribution in [2.45, 2.75) is 25.6 Å². The molecule has 0 saturated carbocycles. The van der Waals surface area contributed by atoms with Crippen LogP contribution < -0.4 is 4.90 Å². The number of sulfonamides is 1. The third-order valence-electron chi connectivity index (χ3n) is 7.28. The summed E-state index contributed by atoms with van der Waals surface area (Å²) in [6.07, 6.45) is 1.19. The first-order chi connectivity index (χ1) is 18.2. The normalized spacial score (nSPS) is 17.7. The summed E-state index contributed by atoms with van der Waals surface area (Å²) in [6.45, 7) is 4.75. The van der Waals surface area contributed by atoms with Crippen molar-refractivity contribution in [1.82, 2.24) is 19.0 Å². The van der Waals surface area contributed by atoms with Gasteiger partial charge in [-0.1, -0.05) is 24.3 Å². The molecule has 0 spiro atoms. The van der Waals surface area contributed by atoms with Crippen LogP contribution in [0.25, 0.3) is 11.3 Å².